The van der Waals surface area contributed by atoms with E-state index in [1.165, 1.54) is 12.1 Å². The molecule has 114 valence electrons. The Morgan fingerprint density at radius 1 is 1.27 bits per heavy atom. The maximum Gasteiger partial charge on any atom is 0.254 e. The number of carbonyl (C=O) groups excluding carboxylic acids is 1. The third kappa shape index (κ3) is 3.31. The van der Waals surface area contributed by atoms with Crippen LogP contribution >= 0.6 is 0 Å². The van der Waals surface area contributed by atoms with Crippen molar-refractivity contribution in [2.75, 3.05) is 0 Å². The zero-order valence-corrected chi connectivity index (χ0v) is 12.2. The fourth-order valence-corrected chi connectivity index (χ4v) is 2.43. The monoisotopic (exact) mass is 299 g/mol. The molecule has 0 atom stereocenters. The first-order valence-electron chi connectivity index (χ1n) is 7.38. The van der Waals surface area contributed by atoms with Crippen LogP contribution in [0.25, 0.3) is 0 Å². The molecule has 0 saturated heterocycles. The maximum atomic E-state index is 13.0. The number of halogens is 1. The van der Waals surface area contributed by atoms with Crippen LogP contribution in [0.3, 0.4) is 0 Å². The number of rotatable bonds is 5. The lowest BCUT2D eigenvalue weighted by Gasteiger charge is -2.23. The molecule has 1 heterocycles. The highest BCUT2D eigenvalue weighted by Crippen LogP contribution is 2.30. The minimum Gasteiger partial charge on any atom is -0.331 e. The van der Waals surface area contributed by atoms with Gasteiger partial charge < -0.3 is 10.6 Å². The van der Waals surface area contributed by atoms with Crippen molar-refractivity contribution in [3.63, 3.8) is 0 Å². The summed E-state index contributed by atoms with van der Waals surface area (Å²) in [6.07, 6.45) is 3.64. The Kier molecular flexibility index (Phi) is 4.15. The van der Waals surface area contributed by atoms with E-state index in [4.69, 9.17) is 5.73 Å². The van der Waals surface area contributed by atoms with Crippen LogP contribution in [0.15, 0.2) is 42.6 Å². The van der Waals surface area contributed by atoms with Crippen molar-refractivity contribution in [1.82, 2.24) is 9.88 Å². The molecule has 0 unspecified atom stereocenters. The van der Waals surface area contributed by atoms with Crippen molar-refractivity contribution in [2.24, 2.45) is 5.73 Å². The molecular formula is C17H18FN3O. The minimum absolute atomic E-state index is 0.0241. The molecule has 0 spiro atoms. The van der Waals surface area contributed by atoms with E-state index in [1.807, 2.05) is 4.90 Å². The van der Waals surface area contributed by atoms with Crippen molar-refractivity contribution < 1.29 is 9.18 Å². The molecule has 1 amide bonds. The highest BCUT2D eigenvalue weighted by atomic mass is 19.1. The van der Waals surface area contributed by atoms with Gasteiger partial charge in [-0.25, -0.2) is 4.39 Å². The summed E-state index contributed by atoms with van der Waals surface area (Å²) < 4.78 is 13.0. The zero-order chi connectivity index (χ0) is 15.5. The number of nitrogens with two attached hydrogens (primary N) is 1. The van der Waals surface area contributed by atoms with Gasteiger partial charge in [0.1, 0.15) is 5.82 Å². The fraction of sp³-hybridized carbons (Fsp3) is 0.294. The van der Waals surface area contributed by atoms with Crippen LogP contribution in [-0.2, 0) is 13.1 Å². The van der Waals surface area contributed by atoms with Crippen LogP contribution in [0.4, 0.5) is 4.39 Å². The van der Waals surface area contributed by atoms with Crippen molar-refractivity contribution in [2.45, 2.75) is 32.0 Å². The summed E-state index contributed by atoms with van der Waals surface area (Å²) in [6, 6.07) is 10.00. The standard InChI is InChI=1S/C17H18FN3O/c18-14-3-1-12(2-4-14)11-21(16-5-6-16)17(22)13-7-8-20-15(9-13)10-19/h1-4,7-9,16H,5-6,10-11,19H2. The fourth-order valence-electron chi connectivity index (χ4n) is 2.43. The Morgan fingerprint density at radius 2 is 2.00 bits per heavy atom. The Labute approximate surface area is 128 Å². The predicted molar refractivity (Wildman–Crippen MR) is 81.4 cm³/mol. The maximum absolute atomic E-state index is 13.0. The molecule has 1 aliphatic carbocycles. The molecule has 1 fully saturated rings. The largest absolute Gasteiger partial charge is 0.331 e. The van der Waals surface area contributed by atoms with E-state index < -0.39 is 0 Å². The molecule has 4 nitrogen and oxygen atoms in total. The van der Waals surface area contributed by atoms with Crippen LogP contribution in [0.5, 0.6) is 0 Å². The minimum atomic E-state index is -0.269. The molecule has 0 bridgehead atoms. The number of hydrogen-bond acceptors (Lipinski definition) is 3. The number of carbonyl (C=O) groups is 1. The average molecular weight is 299 g/mol. The van der Waals surface area contributed by atoms with E-state index in [2.05, 4.69) is 4.98 Å². The number of hydrogen-bond donors (Lipinski definition) is 1. The average Bonchev–Trinajstić information content (AvgIpc) is 3.38. The topological polar surface area (TPSA) is 59.2 Å². The first-order chi connectivity index (χ1) is 10.7. The van der Waals surface area contributed by atoms with Gasteiger partial charge >= 0.3 is 0 Å². The third-order valence-electron chi connectivity index (χ3n) is 3.79. The third-order valence-corrected chi connectivity index (χ3v) is 3.79. The molecule has 2 N–H and O–H groups in total. The van der Waals surface area contributed by atoms with Crippen molar-refractivity contribution in [1.29, 1.82) is 0 Å². The van der Waals surface area contributed by atoms with Crippen LogP contribution in [0.2, 0.25) is 0 Å². The molecule has 0 aliphatic heterocycles. The normalized spacial score (nSPS) is 13.9. The van der Waals surface area contributed by atoms with E-state index in [1.54, 1.807) is 30.5 Å². The molecule has 2 aromatic rings. The van der Waals surface area contributed by atoms with Crippen LogP contribution in [0.1, 0.15) is 34.5 Å². The van der Waals surface area contributed by atoms with Gasteiger partial charge in [-0.05, 0) is 42.7 Å². The molecule has 3 rings (SSSR count). The molecule has 0 radical (unpaired) electrons. The molecule has 1 aliphatic rings. The van der Waals surface area contributed by atoms with Gasteiger partial charge in [-0.2, -0.15) is 0 Å². The summed E-state index contributed by atoms with van der Waals surface area (Å²) in [7, 11) is 0. The lowest BCUT2D eigenvalue weighted by molar-refractivity contribution is 0.0729. The molecule has 5 heteroatoms. The number of nitrogens with zero attached hydrogens (tertiary/aromatic N) is 2. The smallest absolute Gasteiger partial charge is 0.254 e. The second kappa shape index (κ2) is 6.23. The predicted octanol–water partition coefficient (Wildman–Crippen LogP) is 2.48. The van der Waals surface area contributed by atoms with Gasteiger partial charge in [0.25, 0.3) is 5.91 Å². The van der Waals surface area contributed by atoms with E-state index in [0.717, 1.165) is 18.4 Å². The summed E-state index contributed by atoms with van der Waals surface area (Å²) in [4.78, 5) is 18.7. The second-order valence-corrected chi connectivity index (χ2v) is 5.53. The quantitative estimate of drug-likeness (QED) is 0.922. The molecule has 1 saturated carbocycles. The van der Waals surface area contributed by atoms with Gasteiger partial charge in [0, 0.05) is 30.9 Å². The first-order valence-corrected chi connectivity index (χ1v) is 7.38. The summed E-state index contributed by atoms with van der Waals surface area (Å²) in [5.74, 6) is -0.293. The van der Waals surface area contributed by atoms with E-state index >= 15 is 0 Å². The van der Waals surface area contributed by atoms with Crippen molar-refractivity contribution in [3.8, 4) is 0 Å². The van der Waals surface area contributed by atoms with E-state index in [0.29, 0.717) is 24.3 Å². The first kappa shape index (κ1) is 14.7. The van der Waals surface area contributed by atoms with Gasteiger partial charge in [0.15, 0.2) is 0 Å². The van der Waals surface area contributed by atoms with E-state index in [9.17, 15) is 9.18 Å². The van der Waals surface area contributed by atoms with Gasteiger partial charge in [-0.15, -0.1) is 0 Å². The Morgan fingerprint density at radius 3 is 2.64 bits per heavy atom. The Hall–Kier alpha value is -2.27. The SMILES string of the molecule is NCc1cc(C(=O)N(Cc2ccc(F)cc2)C2CC2)ccn1. The lowest BCUT2D eigenvalue weighted by atomic mass is 10.1. The van der Waals surface area contributed by atoms with Crippen LogP contribution in [-0.4, -0.2) is 21.8 Å². The summed E-state index contributed by atoms with van der Waals surface area (Å²) >= 11 is 0. The Bertz CT molecular complexity index is 668. The number of amides is 1. The van der Waals surface area contributed by atoms with Crippen molar-refractivity contribution >= 4 is 5.91 Å². The van der Waals surface area contributed by atoms with Gasteiger partial charge in [0.2, 0.25) is 0 Å². The Balaban J connectivity index is 1.81. The summed E-state index contributed by atoms with van der Waals surface area (Å²) in [5.41, 5.74) is 7.81. The molecule has 1 aromatic carbocycles. The number of pyridine rings is 1. The summed E-state index contributed by atoms with van der Waals surface area (Å²) in [6.45, 7) is 0.798. The second-order valence-electron chi connectivity index (χ2n) is 5.53. The molecular weight excluding hydrogens is 281 g/mol. The van der Waals surface area contributed by atoms with Crippen LogP contribution < -0.4 is 5.73 Å². The lowest BCUT2D eigenvalue weighted by Crippen LogP contribution is -2.32. The van der Waals surface area contributed by atoms with Gasteiger partial charge in [-0.3, -0.25) is 9.78 Å². The highest BCUT2D eigenvalue weighted by molar-refractivity contribution is 5.94. The number of aromatic nitrogens is 1. The number of benzene rings is 1. The van der Waals surface area contributed by atoms with Crippen molar-refractivity contribution in [3.05, 3.63) is 65.2 Å². The van der Waals surface area contributed by atoms with E-state index in [-0.39, 0.29) is 17.8 Å². The van der Waals surface area contributed by atoms with Gasteiger partial charge in [-0.1, -0.05) is 12.1 Å². The van der Waals surface area contributed by atoms with Crippen LogP contribution in [0, 0.1) is 5.82 Å². The van der Waals surface area contributed by atoms with Gasteiger partial charge in [0.05, 0.1) is 5.69 Å². The summed E-state index contributed by atoms with van der Waals surface area (Å²) in [5, 5.41) is 0. The molecule has 1 aromatic heterocycles. The molecule has 22 heavy (non-hydrogen) atoms. The zero-order valence-electron chi connectivity index (χ0n) is 12.2. The highest BCUT2D eigenvalue weighted by Gasteiger charge is 2.33.